The van der Waals surface area contributed by atoms with Crippen molar-refractivity contribution in [1.82, 2.24) is 20.3 Å². The number of nitrogens with two attached hydrogens (primary N) is 1. The minimum atomic E-state index is -0.365. The van der Waals surface area contributed by atoms with Crippen LogP contribution >= 0.6 is 0 Å². The lowest BCUT2D eigenvalue weighted by molar-refractivity contribution is -0.150. The number of nitrogens with one attached hydrogen (secondary N) is 2. The van der Waals surface area contributed by atoms with Gasteiger partial charge in [0.1, 0.15) is 17.9 Å². The number of carbonyl (C=O) groups excluding carboxylic acids is 1. The van der Waals surface area contributed by atoms with Crippen molar-refractivity contribution >= 4 is 22.8 Å². The van der Waals surface area contributed by atoms with Crippen molar-refractivity contribution in [3.63, 3.8) is 0 Å². The molecule has 5 N–H and O–H groups in total. The highest BCUT2D eigenvalue weighted by molar-refractivity contribution is 5.87. The van der Waals surface area contributed by atoms with Crippen LogP contribution < -0.4 is 11.1 Å². The molecule has 3 rings (SSSR count). The second-order valence-corrected chi connectivity index (χ2v) is 6.60. The third kappa shape index (κ3) is 3.20. The Balaban J connectivity index is 1.78. The van der Waals surface area contributed by atoms with E-state index in [-0.39, 0.29) is 36.7 Å². The first-order valence-electron chi connectivity index (χ1n) is 8.13. The number of aromatic nitrogens is 3. The van der Waals surface area contributed by atoms with Crippen LogP contribution in [0.25, 0.3) is 11.0 Å². The number of aromatic amines is 1. The van der Waals surface area contributed by atoms with E-state index in [0.29, 0.717) is 24.2 Å². The van der Waals surface area contributed by atoms with Crippen LogP contribution in [0.4, 0.5) is 5.82 Å². The Hall–Kier alpha value is -2.19. The quantitative estimate of drug-likeness (QED) is 0.599. The van der Waals surface area contributed by atoms with Crippen LogP contribution in [-0.2, 0) is 9.53 Å². The van der Waals surface area contributed by atoms with Gasteiger partial charge in [0.15, 0.2) is 5.82 Å². The Kier molecular flexibility index (Phi) is 4.68. The van der Waals surface area contributed by atoms with Crippen molar-refractivity contribution in [2.24, 2.45) is 5.92 Å². The zero-order valence-corrected chi connectivity index (χ0v) is 13.8. The van der Waals surface area contributed by atoms with Gasteiger partial charge in [0.25, 0.3) is 0 Å². The molecule has 0 amide bonds. The highest BCUT2D eigenvalue weighted by Gasteiger charge is 2.37. The molecule has 24 heavy (non-hydrogen) atoms. The van der Waals surface area contributed by atoms with Gasteiger partial charge in [-0.3, -0.25) is 4.79 Å². The maximum atomic E-state index is 11.9. The molecule has 1 unspecified atom stereocenters. The number of esters is 1. The first-order chi connectivity index (χ1) is 11.5. The zero-order valence-electron chi connectivity index (χ0n) is 13.8. The maximum Gasteiger partial charge on any atom is 0.306 e. The predicted octanol–water partition coefficient (Wildman–Crippen LogP) is 0.893. The Morgan fingerprint density at radius 2 is 2.29 bits per heavy atom. The molecule has 0 aliphatic carbocycles. The van der Waals surface area contributed by atoms with E-state index in [1.54, 1.807) is 0 Å². The molecule has 0 radical (unpaired) electrons. The fraction of sp³-hybridized carbons (Fsp3) is 0.562. The van der Waals surface area contributed by atoms with Crippen LogP contribution in [0.5, 0.6) is 0 Å². The van der Waals surface area contributed by atoms with Gasteiger partial charge < -0.3 is 25.9 Å². The fourth-order valence-corrected chi connectivity index (χ4v) is 3.14. The molecule has 0 saturated carbocycles. The van der Waals surface area contributed by atoms with E-state index >= 15 is 0 Å². The highest BCUT2D eigenvalue weighted by atomic mass is 16.5. The normalized spacial score (nSPS) is 23.9. The summed E-state index contributed by atoms with van der Waals surface area (Å²) >= 11 is 0. The largest absolute Gasteiger partial charge is 0.461 e. The maximum absolute atomic E-state index is 11.9. The number of aliphatic hydroxyl groups is 1. The van der Waals surface area contributed by atoms with E-state index in [0.717, 1.165) is 11.1 Å². The van der Waals surface area contributed by atoms with E-state index in [2.05, 4.69) is 20.3 Å². The third-order valence-electron chi connectivity index (χ3n) is 4.28. The van der Waals surface area contributed by atoms with Gasteiger partial charge in [-0.05, 0) is 5.92 Å². The first kappa shape index (κ1) is 16.7. The fourth-order valence-electron chi connectivity index (χ4n) is 3.14. The summed E-state index contributed by atoms with van der Waals surface area (Å²) in [4.78, 5) is 23.3. The second-order valence-electron chi connectivity index (χ2n) is 6.60. The summed E-state index contributed by atoms with van der Waals surface area (Å²) < 4.78 is 5.56. The molecule has 1 aliphatic rings. The van der Waals surface area contributed by atoms with Gasteiger partial charge in [-0.1, -0.05) is 13.8 Å². The summed E-state index contributed by atoms with van der Waals surface area (Å²) in [6, 6.07) is -0.378. The van der Waals surface area contributed by atoms with Crippen LogP contribution in [0.1, 0.15) is 38.3 Å². The molecular formula is C16H23N5O3. The monoisotopic (exact) mass is 333 g/mol. The molecule has 0 bridgehead atoms. The van der Waals surface area contributed by atoms with Gasteiger partial charge in [0.2, 0.25) is 0 Å². The Morgan fingerprint density at radius 1 is 1.50 bits per heavy atom. The SMILES string of the molecule is CC(C)CC(=O)O[C@H]1C[C@H](c2c[nH]c3c(N)ncnc23)NC1CO. The molecule has 1 aliphatic heterocycles. The smallest absolute Gasteiger partial charge is 0.306 e. The standard InChI is InChI=1S/C16H23N5O3/c1-8(2)3-13(23)24-12-4-10(21-11(12)6-22)9-5-18-15-14(9)19-7-20-16(15)17/h5,7-8,10-12,18,21-22H,3-4,6H2,1-2H3,(H2,17,19,20)/t10-,11?,12+/m1/s1. The van der Waals surface area contributed by atoms with Gasteiger partial charge in [0, 0.05) is 30.6 Å². The van der Waals surface area contributed by atoms with E-state index < -0.39 is 0 Å². The summed E-state index contributed by atoms with van der Waals surface area (Å²) in [7, 11) is 0. The van der Waals surface area contributed by atoms with Crippen molar-refractivity contribution in [3.05, 3.63) is 18.1 Å². The van der Waals surface area contributed by atoms with Gasteiger partial charge in [-0.2, -0.15) is 0 Å². The Morgan fingerprint density at radius 3 is 3.00 bits per heavy atom. The molecule has 2 aromatic rings. The number of nitrogen functional groups attached to an aromatic ring is 1. The topological polar surface area (TPSA) is 126 Å². The zero-order chi connectivity index (χ0) is 17.3. The van der Waals surface area contributed by atoms with Gasteiger partial charge in [0.05, 0.1) is 18.2 Å². The third-order valence-corrected chi connectivity index (χ3v) is 4.28. The molecule has 130 valence electrons. The van der Waals surface area contributed by atoms with Crippen LogP contribution in [0.2, 0.25) is 0 Å². The molecule has 8 heteroatoms. The second kappa shape index (κ2) is 6.74. The van der Waals surface area contributed by atoms with E-state index in [1.165, 1.54) is 6.33 Å². The Labute approximate surface area is 139 Å². The number of anilines is 1. The summed E-state index contributed by atoms with van der Waals surface area (Å²) in [6.07, 6.45) is 3.84. The molecular weight excluding hydrogens is 310 g/mol. The number of nitrogens with zero attached hydrogens (tertiary/aromatic N) is 2. The van der Waals surface area contributed by atoms with Crippen LogP contribution in [0.3, 0.4) is 0 Å². The number of hydrogen-bond donors (Lipinski definition) is 4. The predicted molar refractivity (Wildman–Crippen MR) is 89.0 cm³/mol. The van der Waals surface area contributed by atoms with Crippen molar-refractivity contribution < 1.29 is 14.6 Å². The van der Waals surface area contributed by atoms with Gasteiger partial charge >= 0.3 is 5.97 Å². The number of fused-ring (bicyclic) bond motifs is 1. The minimum absolute atomic E-state index is 0.0814. The van der Waals surface area contributed by atoms with Gasteiger partial charge in [-0.25, -0.2) is 9.97 Å². The Bertz CT molecular complexity index is 730. The molecule has 1 fully saturated rings. The van der Waals surface area contributed by atoms with Crippen LogP contribution in [0, 0.1) is 5.92 Å². The summed E-state index contributed by atoms with van der Waals surface area (Å²) in [6.45, 7) is 3.84. The summed E-state index contributed by atoms with van der Waals surface area (Å²) in [5.41, 5.74) is 8.21. The van der Waals surface area contributed by atoms with Crippen molar-refractivity contribution in [1.29, 1.82) is 0 Å². The molecule has 2 aromatic heterocycles. The van der Waals surface area contributed by atoms with E-state index in [9.17, 15) is 9.90 Å². The average Bonchev–Trinajstić information content (AvgIpc) is 3.10. The van der Waals surface area contributed by atoms with Crippen molar-refractivity contribution in [2.75, 3.05) is 12.3 Å². The van der Waals surface area contributed by atoms with Crippen molar-refractivity contribution in [2.45, 2.75) is 44.9 Å². The number of aliphatic hydroxyl groups excluding tert-OH is 1. The molecule has 8 nitrogen and oxygen atoms in total. The number of carbonyl (C=O) groups is 1. The average molecular weight is 333 g/mol. The number of hydrogen-bond acceptors (Lipinski definition) is 7. The van der Waals surface area contributed by atoms with Crippen LogP contribution in [-0.4, -0.2) is 44.8 Å². The summed E-state index contributed by atoms with van der Waals surface area (Å²) in [5, 5.41) is 12.9. The molecule has 3 atom stereocenters. The van der Waals surface area contributed by atoms with Crippen LogP contribution in [0.15, 0.2) is 12.5 Å². The molecule has 1 saturated heterocycles. The molecule has 3 heterocycles. The highest BCUT2D eigenvalue weighted by Crippen LogP contribution is 2.33. The summed E-state index contributed by atoms with van der Waals surface area (Å²) in [5.74, 6) is 0.396. The number of H-pyrrole nitrogens is 1. The van der Waals surface area contributed by atoms with Crippen molar-refractivity contribution in [3.8, 4) is 0 Å². The van der Waals surface area contributed by atoms with Gasteiger partial charge in [-0.15, -0.1) is 0 Å². The molecule has 0 aromatic carbocycles. The lowest BCUT2D eigenvalue weighted by atomic mass is 10.1. The lowest BCUT2D eigenvalue weighted by Gasteiger charge is -2.18. The van der Waals surface area contributed by atoms with E-state index in [1.807, 2.05) is 20.0 Å². The number of ether oxygens (including phenoxy) is 1. The van der Waals surface area contributed by atoms with E-state index in [4.69, 9.17) is 10.5 Å². The minimum Gasteiger partial charge on any atom is -0.461 e. The number of rotatable bonds is 5. The molecule has 0 spiro atoms. The lowest BCUT2D eigenvalue weighted by Crippen LogP contribution is -2.37. The first-order valence-corrected chi connectivity index (χ1v) is 8.13.